The molecule has 0 aliphatic heterocycles. The van der Waals surface area contributed by atoms with Crippen molar-refractivity contribution < 1.29 is 9.47 Å². The Morgan fingerprint density at radius 3 is 2.40 bits per heavy atom. The molecule has 5 heteroatoms. The molecule has 0 saturated carbocycles. The van der Waals surface area contributed by atoms with Crippen LogP contribution < -0.4 is 15.0 Å². The van der Waals surface area contributed by atoms with E-state index in [1.807, 2.05) is 37.3 Å². The van der Waals surface area contributed by atoms with E-state index in [9.17, 15) is 4.79 Å². The van der Waals surface area contributed by atoms with Gasteiger partial charge in [0.15, 0.2) is 0 Å². The van der Waals surface area contributed by atoms with E-state index in [-0.39, 0.29) is 11.7 Å². The number of halogens is 1. The van der Waals surface area contributed by atoms with E-state index in [0.29, 0.717) is 17.4 Å². The molecule has 0 N–H and O–H groups in total. The van der Waals surface area contributed by atoms with Crippen molar-refractivity contribution in [2.75, 3.05) is 6.61 Å². The first-order valence-corrected chi connectivity index (χ1v) is 8.33. The van der Waals surface area contributed by atoms with Crippen molar-refractivity contribution in [3.63, 3.8) is 0 Å². The molecule has 25 heavy (non-hydrogen) atoms. The Morgan fingerprint density at radius 2 is 1.72 bits per heavy atom. The average molecular weight is 356 g/mol. The largest absolute Gasteiger partial charge is 0.490 e. The number of rotatable bonds is 6. The zero-order valence-corrected chi connectivity index (χ0v) is 14.5. The molecule has 0 amide bonds. The fourth-order valence-corrected chi connectivity index (χ4v) is 2.47. The molecule has 0 unspecified atom stereocenters. The normalized spacial score (nSPS) is 11.8. The van der Waals surface area contributed by atoms with Gasteiger partial charge in [0.05, 0.1) is 0 Å². The van der Waals surface area contributed by atoms with Gasteiger partial charge in [-0.1, -0.05) is 29.8 Å². The van der Waals surface area contributed by atoms with Crippen LogP contribution in [0.3, 0.4) is 0 Å². The lowest BCUT2D eigenvalue weighted by molar-refractivity contribution is 0.143. The minimum Gasteiger partial charge on any atom is -0.490 e. The Kier molecular flexibility index (Phi) is 5.41. The molecule has 0 aliphatic rings. The second kappa shape index (κ2) is 7.90. The van der Waals surface area contributed by atoms with Crippen LogP contribution in [0, 0.1) is 0 Å². The van der Waals surface area contributed by atoms with Gasteiger partial charge in [-0.2, -0.15) is 0 Å². The summed E-state index contributed by atoms with van der Waals surface area (Å²) in [7, 11) is 0. The van der Waals surface area contributed by atoms with Crippen molar-refractivity contribution in [3.05, 3.63) is 88.3 Å². The van der Waals surface area contributed by atoms with Gasteiger partial charge in [-0.05, 0) is 49.4 Å². The molecule has 2 aromatic carbocycles. The van der Waals surface area contributed by atoms with E-state index < -0.39 is 0 Å². The van der Waals surface area contributed by atoms with Crippen LogP contribution in [0.4, 0.5) is 0 Å². The Labute approximate surface area is 151 Å². The van der Waals surface area contributed by atoms with Gasteiger partial charge < -0.3 is 9.47 Å². The summed E-state index contributed by atoms with van der Waals surface area (Å²) in [6.07, 6.45) is 1.50. The van der Waals surface area contributed by atoms with Crippen LogP contribution in [0.1, 0.15) is 6.92 Å². The lowest BCUT2D eigenvalue weighted by Crippen LogP contribution is -2.23. The molecule has 4 nitrogen and oxygen atoms in total. The number of para-hydroxylation sites is 1. The SMILES string of the molecule is C[C@H](COc1ccccc1)Oc1ccn(-c2ccc(Cl)cc2)c(=O)c1. The van der Waals surface area contributed by atoms with Crippen molar-refractivity contribution in [1.29, 1.82) is 0 Å². The molecule has 0 radical (unpaired) electrons. The summed E-state index contributed by atoms with van der Waals surface area (Å²) in [5, 5.41) is 0.629. The van der Waals surface area contributed by atoms with E-state index >= 15 is 0 Å². The van der Waals surface area contributed by atoms with E-state index in [2.05, 4.69) is 0 Å². The van der Waals surface area contributed by atoms with Gasteiger partial charge in [0, 0.05) is 23.0 Å². The first-order valence-electron chi connectivity index (χ1n) is 7.95. The van der Waals surface area contributed by atoms with Crippen molar-refractivity contribution >= 4 is 11.6 Å². The molecule has 128 valence electrons. The first-order chi connectivity index (χ1) is 12.1. The summed E-state index contributed by atoms with van der Waals surface area (Å²) >= 11 is 5.88. The molecule has 1 atom stereocenters. The van der Waals surface area contributed by atoms with Crippen LogP contribution in [0.15, 0.2) is 77.7 Å². The maximum Gasteiger partial charge on any atom is 0.258 e. The lowest BCUT2D eigenvalue weighted by atomic mass is 10.3. The number of hydrogen-bond donors (Lipinski definition) is 0. The molecule has 1 heterocycles. The van der Waals surface area contributed by atoms with Gasteiger partial charge in [0.2, 0.25) is 0 Å². The maximum absolute atomic E-state index is 12.3. The predicted molar refractivity (Wildman–Crippen MR) is 99.1 cm³/mol. The average Bonchev–Trinajstić information content (AvgIpc) is 2.62. The smallest absolute Gasteiger partial charge is 0.258 e. The zero-order chi connectivity index (χ0) is 17.6. The highest BCUT2D eigenvalue weighted by Gasteiger charge is 2.08. The van der Waals surface area contributed by atoms with Crippen LogP contribution in [-0.2, 0) is 0 Å². The molecule has 0 fully saturated rings. The van der Waals surface area contributed by atoms with Crippen LogP contribution >= 0.6 is 11.6 Å². The molecule has 0 aliphatic carbocycles. The van der Waals surface area contributed by atoms with Crippen molar-refractivity contribution in [2.45, 2.75) is 13.0 Å². The number of aromatic nitrogens is 1. The monoisotopic (exact) mass is 355 g/mol. The highest BCUT2D eigenvalue weighted by Crippen LogP contribution is 2.15. The fourth-order valence-electron chi connectivity index (χ4n) is 2.35. The third-order valence-corrected chi connectivity index (χ3v) is 3.81. The van der Waals surface area contributed by atoms with Gasteiger partial charge in [0.25, 0.3) is 5.56 Å². The van der Waals surface area contributed by atoms with Gasteiger partial charge >= 0.3 is 0 Å². The van der Waals surface area contributed by atoms with E-state index in [1.54, 1.807) is 36.5 Å². The van der Waals surface area contributed by atoms with Gasteiger partial charge in [-0.25, -0.2) is 0 Å². The van der Waals surface area contributed by atoms with Crippen LogP contribution in [0.5, 0.6) is 11.5 Å². The molecule has 3 aromatic rings. The van der Waals surface area contributed by atoms with Crippen LogP contribution in [0.2, 0.25) is 5.02 Å². The van der Waals surface area contributed by atoms with Crippen LogP contribution in [-0.4, -0.2) is 17.3 Å². The Bertz CT molecular complexity index is 875. The molecule has 0 spiro atoms. The summed E-state index contributed by atoms with van der Waals surface area (Å²) in [5.74, 6) is 1.30. The molecule has 0 bridgehead atoms. The number of pyridine rings is 1. The Hall–Kier alpha value is -2.72. The summed E-state index contributed by atoms with van der Waals surface area (Å²) in [6, 6.07) is 19.8. The van der Waals surface area contributed by atoms with Crippen LogP contribution in [0.25, 0.3) is 5.69 Å². The summed E-state index contributed by atoms with van der Waals surface area (Å²) in [4.78, 5) is 12.3. The van der Waals surface area contributed by atoms with E-state index in [1.165, 1.54) is 10.6 Å². The second-order valence-corrected chi connectivity index (χ2v) is 6.04. The van der Waals surface area contributed by atoms with Crippen molar-refractivity contribution in [2.24, 2.45) is 0 Å². The van der Waals surface area contributed by atoms with Gasteiger partial charge in [-0.3, -0.25) is 9.36 Å². The van der Waals surface area contributed by atoms with Gasteiger partial charge in [-0.15, -0.1) is 0 Å². The number of benzene rings is 2. The second-order valence-electron chi connectivity index (χ2n) is 5.60. The molecule has 3 rings (SSSR count). The van der Waals surface area contributed by atoms with E-state index in [0.717, 1.165) is 11.4 Å². The number of nitrogens with zero attached hydrogens (tertiary/aromatic N) is 1. The summed E-state index contributed by atoms with van der Waals surface area (Å²) in [6.45, 7) is 2.29. The topological polar surface area (TPSA) is 40.5 Å². The maximum atomic E-state index is 12.3. The highest BCUT2D eigenvalue weighted by atomic mass is 35.5. The van der Waals surface area contributed by atoms with Crippen molar-refractivity contribution in [3.8, 4) is 17.2 Å². The fraction of sp³-hybridized carbons (Fsp3) is 0.150. The molecule has 0 saturated heterocycles. The number of hydrogen-bond acceptors (Lipinski definition) is 3. The summed E-state index contributed by atoms with van der Waals surface area (Å²) in [5.41, 5.74) is 0.581. The van der Waals surface area contributed by atoms with Crippen molar-refractivity contribution in [1.82, 2.24) is 4.57 Å². The Balaban J connectivity index is 1.64. The van der Waals surface area contributed by atoms with E-state index in [4.69, 9.17) is 21.1 Å². The highest BCUT2D eigenvalue weighted by molar-refractivity contribution is 6.30. The third kappa shape index (κ3) is 4.64. The third-order valence-electron chi connectivity index (χ3n) is 3.56. The van der Waals surface area contributed by atoms with Gasteiger partial charge in [0.1, 0.15) is 24.2 Å². The zero-order valence-electron chi connectivity index (χ0n) is 13.8. The summed E-state index contributed by atoms with van der Waals surface area (Å²) < 4.78 is 13.0. The predicted octanol–water partition coefficient (Wildman–Crippen LogP) is 4.34. The standard InChI is InChI=1S/C20H18ClNO3/c1-15(14-24-18-5-3-2-4-6-18)25-19-11-12-22(20(23)13-19)17-9-7-16(21)8-10-17/h2-13,15H,14H2,1H3/t15-/m1/s1. The number of ether oxygens (including phenoxy) is 2. The quantitative estimate of drug-likeness (QED) is 0.660. The first kappa shape index (κ1) is 17.1. The minimum absolute atomic E-state index is 0.170. The molecule has 1 aromatic heterocycles. The molecular weight excluding hydrogens is 338 g/mol. The Morgan fingerprint density at radius 1 is 1.00 bits per heavy atom. The molecular formula is C20H18ClNO3. The minimum atomic E-state index is -0.189. The lowest BCUT2D eigenvalue weighted by Gasteiger charge is -2.16.